The highest BCUT2D eigenvalue weighted by Gasteiger charge is 2.49. The van der Waals surface area contributed by atoms with Gasteiger partial charge >= 0.3 is 0 Å². The van der Waals surface area contributed by atoms with E-state index in [1.165, 1.54) is 11.3 Å². The first-order chi connectivity index (χ1) is 11.5. The molecule has 128 valence electrons. The molecule has 1 saturated heterocycles. The fourth-order valence-corrected chi connectivity index (χ4v) is 6.93. The van der Waals surface area contributed by atoms with Crippen molar-refractivity contribution in [3.8, 4) is 10.4 Å². The fourth-order valence-electron chi connectivity index (χ4n) is 3.16. The Bertz CT molecular complexity index is 833. The van der Waals surface area contributed by atoms with E-state index in [9.17, 15) is 13.2 Å². The molecule has 24 heavy (non-hydrogen) atoms. The zero-order valence-corrected chi connectivity index (χ0v) is 14.6. The number of aromatic nitrogens is 1. The lowest BCUT2D eigenvalue weighted by Gasteiger charge is -2.35. The number of nitrogens with zero attached hydrogens (tertiary/aromatic N) is 1. The molecule has 1 aliphatic rings. The minimum absolute atomic E-state index is 0.0613. The van der Waals surface area contributed by atoms with Gasteiger partial charge < -0.3 is 0 Å². The quantitative estimate of drug-likeness (QED) is 0.640. The highest BCUT2D eigenvalue weighted by Crippen LogP contribution is 2.47. The van der Waals surface area contributed by atoms with Gasteiger partial charge in [-0.05, 0) is 31.0 Å². The van der Waals surface area contributed by atoms with Crippen molar-refractivity contribution >= 4 is 27.1 Å². The summed E-state index contributed by atoms with van der Waals surface area (Å²) in [6, 6.07) is 7.37. The van der Waals surface area contributed by atoms with Crippen LogP contribution in [0, 0.1) is 0 Å². The van der Waals surface area contributed by atoms with Gasteiger partial charge in [0.2, 0.25) is 5.91 Å². The number of carbonyl (C=O) groups excluding carboxylic acids is 1. The molecule has 1 atom stereocenters. The van der Waals surface area contributed by atoms with Gasteiger partial charge in [-0.25, -0.2) is 13.9 Å². The maximum Gasteiger partial charge on any atom is 0.245 e. The second kappa shape index (κ2) is 6.62. The second-order valence-electron chi connectivity index (χ2n) is 5.89. The van der Waals surface area contributed by atoms with Crippen LogP contribution >= 0.6 is 11.3 Å². The summed E-state index contributed by atoms with van der Waals surface area (Å²) in [5.74, 6) is -0.622. The molecule has 2 aromatic rings. The van der Waals surface area contributed by atoms with Crippen LogP contribution in [0.2, 0.25) is 0 Å². The number of hydroxylamine groups is 1. The summed E-state index contributed by atoms with van der Waals surface area (Å²) < 4.78 is 24.4. The molecule has 3 rings (SSSR count). The fraction of sp³-hybridized carbons (Fsp3) is 0.375. The van der Waals surface area contributed by atoms with Crippen LogP contribution < -0.4 is 5.48 Å². The van der Waals surface area contributed by atoms with Gasteiger partial charge in [-0.15, -0.1) is 11.3 Å². The van der Waals surface area contributed by atoms with Crippen molar-refractivity contribution in [2.24, 2.45) is 0 Å². The molecule has 3 heterocycles. The number of amides is 1. The number of sulfone groups is 1. The highest BCUT2D eigenvalue weighted by atomic mass is 32.2. The molecule has 0 saturated carbocycles. The number of rotatable bonds is 4. The molecule has 0 aliphatic carbocycles. The number of pyridine rings is 1. The van der Waals surface area contributed by atoms with Crippen LogP contribution in [0.5, 0.6) is 0 Å². The van der Waals surface area contributed by atoms with Crippen molar-refractivity contribution in [2.75, 3.05) is 5.75 Å². The van der Waals surface area contributed by atoms with Gasteiger partial charge in [-0.2, -0.15) is 0 Å². The SMILES string of the molecule is O=C(C[C@]1(c2ccc(-c3cccnc3)s2)CCCCS1(=O)=O)NO. The molecule has 1 fully saturated rings. The normalized spacial score (nSPS) is 22.9. The second-order valence-corrected chi connectivity index (χ2v) is 9.39. The van der Waals surface area contributed by atoms with Crippen molar-refractivity contribution in [3.63, 3.8) is 0 Å². The van der Waals surface area contributed by atoms with Gasteiger partial charge in [-0.3, -0.25) is 15.0 Å². The van der Waals surface area contributed by atoms with E-state index in [0.717, 1.165) is 16.9 Å². The molecular weight excluding hydrogens is 348 g/mol. The molecule has 1 amide bonds. The Kier molecular flexibility index (Phi) is 4.71. The Hall–Kier alpha value is -1.77. The van der Waals surface area contributed by atoms with E-state index in [1.807, 2.05) is 18.2 Å². The van der Waals surface area contributed by atoms with Gasteiger partial charge in [0.25, 0.3) is 0 Å². The third kappa shape index (κ3) is 2.97. The summed E-state index contributed by atoms with van der Waals surface area (Å²) in [6.45, 7) is 0. The Morgan fingerprint density at radius 2 is 2.17 bits per heavy atom. The monoisotopic (exact) mass is 366 g/mol. The topological polar surface area (TPSA) is 96.4 Å². The van der Waals surface area contributed by atoms with Gasteiger partial charge in [-0.1, -0.05) is 12.5 Å². The zero-order valence-electron chi connectivity index (χ0n) is 12.9. The molecular formula is C16H18N2O4S2. The standard InChI is InChI=1S/C16H18N2O4S2/c19-15(18-20)10-16(7-1-2-9-24(16,21)22)14-6-5-13(23-14)12-4-3-8-17-11-12/h3-6,8,11,20H,1-2,7,9-10H2,(H,18,19)/t16-/m0/s1. The number of nitrogens with one attached hydrogen (secondary N) is 1. The van der Waals surface area contributed by atoms with Crippen LogP contribution in [0.25, 0.3) is 10.4 Å². The molecule has 0 spiro atoms. The van der Waals surface area contributed by atoms with E-state index in [2.05, 4.69) is 4.98 Å². The Morgan fingerprint density at radius 1 is 1.33 bits per heavy atom. The van der Waals surface area contributed by atoms with Crippen molar-refractivity contribution in [1.82, 2.24) is 10.5 Å². The number of hydrogen-bond acceptors (Lipinski definition) is 6. The summed E-state index contributed by atoms with van der Waals surface area (Å²) in [4.78, 5) is 17.4. The summed E-state index contributed by atoms with van der Waals surface area (Å²) in [7, 11) is -3.49. The van der Waals surface area contributed by atoms with E-state index in [4.69, 9.17) is 5.21 Å². The van der Waals surface area contributed by atoms with Gasteiger partial charge in [0.15, 0.2) is 9.84 Å². The average Bonchev–Trinajstić information content (AvgIpc) is 3.08. The molecule has 0 bridgehead atoms. The minimum atomic E-state index is -3.49. The van der Waals surface area contributed by atoms with Crippen LogP contribution in [0.15, 0.2) is 36.7 Å². The molecule has 0 unspecified atom stereocenters. The summed E-state index contributed by atoms with van der Waals surface area (Å²) in [5, 5.41) is 8.88. The summed E-state index contributed by atoms with van der Waals surface area (Å²) >= 11 is 1.37. The first-order valence-corrected chi connectivity index (χ1v) is 10.1. The molecule has 0 radical (unpaired) electrons. The number of thiophene rings is 1. The van der Waals surface area contributed by atoms with Gasteiger partial charge in [0.05, 0.1) is 12.2 Å². The first-order valence-electron chi connectivity index (χ1n) is 7.64. The molecule has 6 nitrogen and oxygen atoms in total. The zero-order chi connectivity index (χ0) is 17.2. The van der Waals surface area contributed by atoms with E-state index in [-0.39, 0.29) is 12.2 Å². The smallest absolute Gasteiger partial charge is 0.245 e. The summed E-state index contributed by atoms with van der Waals surface area (Å²) in [5.41, 5.74) is 2.48. The van der Waals surface area contributed by atoms with Crippen LogP contribution in [-0.4, -0.2) is 30.3 Å². The van der Waals surface area contributed by atoms with Crippen LogP contribution in [0.3, 0.4) is 0 Å². The van der Waals surface area contributed by atoms with E-state index >= 15 is 0 Å². The summed E-state index contributed by atoms with van der Waals surface area (Å²) in [6.07, 6.45) is 4.85. The average molecular weight is 366 g/mol. The van der Waals surface area contributed by atoms with E-state index < -0.39 is 20.5 Å². The third-order valence-electron chi connectivity index (χ3n) is 4.41. The van der Waals surface area contributed by atoms with Crippen molar-refractivity contribution in [1.29, 1.82) is 0 Å². The van der Waals surface area contributed by atoms with E-state index in [1.54, 1.807) is 23.9 Å². The minimum Gasteiger partial charge on any atom is -0.289 e. The Labute approximate surface area is 144 Å². The lowest BCUT2D eigenvalue weighted by Crippen LogP contribution is -2.43. The van der Waals surface area contributed by atoms with Crippen LogP contribution in [-0.2, 0) is 19.4 Å². The van der Waals surface area contributed by atoms with Gasteiger partial charge in [0.1, 0.15) is 4.75 Å². The number of hydrogen-bond donors (Lipinski definition) is 2. The predicted octanol–water partition coefficient (Wildman–Crippen LogP) is 2.50. The predicted molar refractivity (Wildman–Crippen MR) is 91.4 cm³/mol. The highest BCUT2D eigenvalue weighted by molar-refractivity contribution is 7.92. The van der Waals surface area contributed by atoms with Crippen molar-refractivity contribution in [3.05, 3.63) is 41.5 Å². The Morgan fingerprint density at radius 3 is 2.83 bits per heavy atom. The maximum absolute atomic E-state index is 12.8. The van der Waals surface area contributed by atoms with Gasteiger partial charge in [0, 0.05) is 27.7 Å². The van der Waals surface area contributed by atoms with Crippen LogP contribution in [0.4, 0.5) is 0 Å². The lowest BCUT2D eigenvalue weighted by atomic mass is 9.94. The Balaban J connectivity index is 2.07. The third-order valence-corrected chi connectivity index (χ3v) is 8.46. The molecule has 2 aromatic heterocycles. The van der Waals surface area contributed by atoms with E-state index in [0.29, 0.717) is 17.7 Å². The number of carbonyl (C=O) groups is 1. The maximum atomic E-state index is 12.8. The molecule has 2 N–H and O–H groups in total. The lowest BCUT2D eigenvalue weighted by molar-refractivity contribution is -0.130. The first kappa shape index (κ1) is 17.1. The van der Waals surface area contributed by atoms with Crippen molar-refractivity contribution < 1.29 is 18.4 Å². The molecule has 0 aromatic carbocycles. The van der Waals surface area contributed by atoms with Crippen LogP contribution in [0.1, 0.15) is 30.6 Å². The molecule has 1 aliphatic heterocycles. The molecule has 8 heteroatoms. The van der Waals surface area contributed by atoms with Crippen molar-refractivity contribution in [2.45, 2.75) is 30.4 Å². The largest absolute Gasteiger partial charge is 0.289 e.